The second kappa shape index (κ2) is 8.45. The predicted molar refractivity (Wildman–Crippen MR) is 95.2 cm³/mol. The molecule has 1 saturated carbocycles. The molecule has 1 aliphatic heterocycles. The summed E-state index contributed by atoms with van der Waals surface area (Å²) >= 11 is 3.16. The van der Waals surface area contributed by atoms with Gasteiger partial charge in [0.25, 0.3) is 0 Å². The number of phenolic OH excluding ortho intramolecular Hbond substituents is 1. The third-order valence-corrected chi connectivity index (χ3v) is 4.80. The summed E-state index contributed by atoms with van der Waals surface area (Å²) in [6.45, 7) is 3.22. The van der Waals surface area contributed by atoms with Crippen molar-refractivity contribution < 1.29 is 18.3 Å². The molecule has 0 unspecified atom stereocenters. The number of benzene rings is 1. The number of alkyl halides is 3. The van der Waals surface area contributed by atoms with Crippen molar-refractivity contribution in [3.63, 3.8) is 0 Å². The topological polar surface area (TPSA) is 35.5 Å². The molecular formula is C15H20BrCl2F3N2O. The number of aromatic hydroxyl groups is 1. The number of hydrogen-bond acceptors (Lipinski definition) is 3. The van der Waals surface area contributed by atoms with E-state index < -0.39 is 17.5 Å². The molecule has 1 aromatic carbocycles. The van der Waals surface area contributed by atoms with Crippen molar-refractivity contribution in [1.82, 2.24) is 10.2 Å². The Hall–Kier alpha value is -0.210. The lowest BCUT2D eigenvalue weighted by molar-refractivity contribution is -0.138. The van der Waals surface area contributed by atoms with E-state index in [4.69, 9.17) is 0 Å². The van der Waals surface area contributed by atoms with Gasteiger partial charge >= 0.3 is 6.18 Å². The Bertz CT molecular complexity index is 564. The minimum absolute atomic E-state index is 0. The number of rotatable bonds is 3. The predicted octanol–water partition coefficient (Wildman–Crippen LogP) is 4.37. The molecule has 9 heteroatoms. The van der Waals surface area contributed by atoms with Crippen LogP contribution in [0.25, 0.3) is 0 Å². The summed E-state index contributed by atoms with van der Waals surface area (Å²) in [4.78, 5) is 2.19. The smallest absolute Gasteiger partial charge is 0.420 e. The largest absolute Gasteiger partial charge is 0.507 e. The van der Waals surface area contributed by atoms with Crippen LogP contribution in [0.3, 0.4) is 0 Å². The fourth-order valence-electron chi connectivity index (χ4n) is 3.18. The van der Waals surface area contributed by atoms with E-state index in [1.807, 2.05) is 0 Å². The zero-order valence-electron chi connectivity index (χ0n) is 12.8. The highest BCUT2D eigenvalue weighted by molar-refractivity contribution is 9.10. The highest BCUT2D eigenvalue weighted by Gasteiger charge is 2.41. The van der Waals surface area contributed by atoms with E-state index in [0.29, 0.717) is 16.0 Å². The quantitative estimate of drug-likeness (QED) is 0.716. The van der Waals surface area contributed by atoms with Gasteiger partial charge in [0.05, 0.1) is 5.56 Å². The van der Waals surface area contributed by atoms with Crippen molar-refractivity contribution >= 4 is 40.7 Å². The van der Waals surface area contributed by atoms with Gasteiger partial charge in [-0.25, -0.2) is 0 Å². The number of nitrogens with zero attached hydrogens (tertiary/aromatic N) is 1. The van der Waals surface area contributed by atoms with Crippen LogP contribution in [-0.2, 0) is 6.18 Å². The van der Waals surface area contributed by atoms with Crippen molar-refractivity contribution in [3.8, 4) is 5.75 Å². The van der Waals surface area contributed by atoms with Gasteiger partial charge in [0.2, 0.25) is 0 Å². The summed E-state index contributed by atoms with van der Waals surface area (Å²) in [6, 6.07) is 2.44. The Kier molecular flexibility index (Phi) is 7.68. The number of nitrogens with one attached hydrogen (secondary N) is 1. The average Bonchev–Trinajstić information content (AvgIpc) is 3.27. The molecular weight excluding hydrogens is 432 g/mol. The van der Waals surface area contributed by atoms with Crippen LogP contribution < -0.4 is 5.32 Å². The number of phenols is 1. The first-order chi connectivity index (χ1) is 10.4. The number of halogens is 6. The lowest BCUT2D eigenvalue weighted by atomic mass is 9.96. The molecule has 3 rings (SSSR count). The highest BCUT2D eigenvalue weighted by atomic mass is 79.9. The van der Waals surface area contributed by atoms with Crippen LogP contribution in [0.2, 0.25) is 0 Å². The zero-order chi connectivity index (χ0) is 15.9. The molecule has 138 valence electrons. The fourth-order valence-corrected chi connectivity index (χ4v) is 3.66. The second-order valence-electron chi connectivity index (χ2n) is 5.96. The van der Waals surface area contributed by atoms with Crippen molar-refractivity contribution in [2.24, 2.45) is 5.92 Å². The summed E-state index contributed by atoms with van der Waals surface area (Å²) in [5.74, 6) is -0.287. The van der Waals surface area contributed by atoms with Gasteiger partial charge in [-0.1, -0.05) is 15.9 Å². The van der Waals surface area contributed by atoms with E-state index in [1.165, 1.54) is 0 Å². The molecule has 1 atom stereocenters. The zero-order valence-corrected chi connectivity index (χ0v) is 16.0. The molecule has 0 bridgehead atoms. The van der Waals surface area contributed by atoms with E-state index in [0.717, 1.165) is 45.1 Å². The average molecular weight is 452 g/mol. The van der Waals surface area contributed by atoms with Gasteiger partial charge in [0.15, 0.2) is 0 Å². The maximum atomic E-state index is 13.1. The Morgan fingerprint density at radius 1 is 1.17 bits per heavy atom. The molecule has 1 heterocycles. The van der Waals surface area contributed by atoms with Crippen molar-refractivity contribution in [2.45, 2.75) is 25.1 Å². The molecule has 0 spiro atoms. The summed E-state index contributed by atoms with van der Waals surface area (Å²) in [7, 11) is 0. The third kappa shape index (κ3) is 4.69. The van der Waals surface area contributed by atoms with Crippen molar-refractivity contribution in [2.75, 3.05) is 26.2 Å². The second-order valence-corrected chi connectivity index (χ2v) is 6.87. The number of piperazine rings is 1. The standard InChI is InChI=1S/C15H18BrF3N2O.2ClH/c16-10-7-11(14(22)12(8-10)15(17,18)19)13(9-1-2-9)21-5-3-20-4-6-21;;/h7-9,13,20,22H,1-6H2;2*1H/t13-;;/m0../s1. The molecule has 0 amide bonds. The van der Waals surface area contributed by atoms with E-state index in [9.17, 15) is 18.3 Å². The molecule has 24 heavy (non-hydrogen) atoms. The van der Waals surface area contributed by atoms with E-state index >= 15 is 0 Å². The lowest BCUT2D eigenvalue weighted by Crippen LogP contribution is -2.45. The van der Waals surface area contributed by atoms with Gasteiger partial charge in [-0.05, 0) is 30.9 Å². The minimum Gasteiger partial charge on any atom is -0.507 e. The van der Waals surface area contributed by atoms with Crippen molar-refractivity contribution in [3.05, 3.63) is 27.7 Å². The first-order valence-corrected chi connectivity index (χ1v) is 8.21. The molecule has 2 fully saturated rings. The maximum absolute atomic E-state index is 13.1. The first kappa shape index (κ1) is 21.8. The minimum atomic E-state index is -4.56. The highest BCUT2D eigenvalue weighted by Crippen LogP contribution is 2.50. The van der Waals surface area contributed by atoms with Crippen LogP contribution >= 0.6 is 40.7 Å². The SMILES string of the molecule is Cl.Cl.Oc1c([C@H](C2CC2)N2CCNCC2)cc(Br)cc1C(F)(F)F. The van der Waals surface area contributed by atoms with E-state index in [-0.39, 0.29) is 30.9 Å². The van der Waals surface area contributed by atoms with Crippen molar-refractivity contribution in [1.29, 1.82) is 0 Å². The Morgan fingerprint density at radius 3 is 2.25 bits per heavy atom. The van der Waals surface area contributed by atoms with Gasteiger partial charge in [-0.3, -0.25) is 4.90 Å². The third-order valence-electron chi connectivity index (χ3n) is 4.34. The van der Waals surface area contributed by atoms with Gasteiger partial charge in [0.1, 0.15) is 5.75 Å². The van der Waals surface area contributed by atoms with Gasteiger partial charge in [0, 0.05) is 42.3 Å². The van der Waals surface area contributed by atoms with E-state index in [2.05, 4.69) is 26.1 Å². The Morgan fingerprint density at radius 2 is 1.75 bits per heavy atom. The maximum Gasteiger partial charge on any atom is 0.420 e. The normalized spacial score (nSPS) is 20.0. The van der Waals surface area contributed by atoms with Crippen LogP contribution in [0.4, 0.5) is 13.2 Å². The van der Waals surface area contributed by atoms with Crippen LogP contribution in [0.1, 0.15) is 30.0 Å². The molecule has 2 aliphatic rings. The molecule has 0 aromatic heterocycles. The molecule has 2 N–H and O–H groups in total. The molecule has 1 saturated heterocycles. The Labute approximate surface area is 159 Å². The Balaban J connectivity index is 0.00000144. The molecule has 3 nitrogen and oxygen atoms in total. The summed E-state index contributed by atoms with van der Waals surface area (Å²) in [5, 5.41) is 13.5. The summed E-state index contributed by atoms with van der Waals surface area (Å²) in [5.41, 5.74) is -0.566. The van der Waals surface area contributed by atoms with E-state index in [1.54, 1.807) is 6.07 Å². The van der Waals surface area contributed by atoms with Crippen LogP contribution in [0.15, 0.2) is 16.6 Å². The summed E-state index contributed by atoms with van der Waals surface area (Å²) < 4.78 is 39.7. The van der Waals surface area contributed by atoms with Gasteiger partial charge in [-0.15, -0.1) is 24.8 Å². The monoisotopic (exact) mass is 450 g/mol. The van der Waals surface area contributed by atoms with Crippen LogP contribution in [-0.4, -0.2) is 36.2 Å². The first-order valence-electron chi connectivity index (χ1n) is 7.42. The number of hydrogen-bond donors (Lipinski definition) is 2. The van der Waals surface area contributed by atoms with Crippen LogP contribution in [0, 0.1) is 5.92 Å². The van der Waals surface area contributed by atoms with Gasteiger partial charge in [-0.2, -0.15) is 13.2 Å². The molecule has 1 aliphatic carbocycles. The summed E-state index contributed by atoms with van der Waals surface area (Å²) in [6.07, 6.45) is -2.55. The molecule has 0 radical (unpaired) electrons. The van der Waals surface area contributed by atoms with Gasteiger partial charge < -0.3 is 10.4 Å². The lowest BCUT2D eigenvalue weighted by Gasteiger charge is -2.36. The van der Waals surface area contributed by atoms with Crippen LogP contribution in [0.5, 0.6) is 5.75 Å². The molecule has 1 aromatic rings. The fraction of sp³-hybridized carbons (Fsp3) is 0.600.